The molecule has 2 heterocycles. The normalized spacial score (nSPS) is 26.8. The Balaban J connectivity index is 1.77. The second-order valence-electron chi connectivity index (χ2n) is 4.96. The number of hydrogen-bond acceptors (Lipinski definition) is 3. The fourth-order valence-corrected chi connectivity index (χ4v) is 2.79. The predicted molar refractivity (Wildman–Crippen MR) is 65.0 cm³/mol. The van der Waals surface area contributed by atoms with Crippen LogP contribution in [0.5, 0.6) is 0 Å². The molecule has 2 aliphatic rings. The molecule has 4 heteroatoms. The molecule has 0 bridgehead atoms. The summed E-state index contributed by atoms with van der Waals surface area (Å²) >= 11 is 6.11. The van der Waals surface area contributed by atoms with Gasteiger partial charge in [-0.25, -0.2) is 0 Å². The van der Waals surface area contributed by atoms with Crippen molar-refractivity contribution in [1.29, 1.82) is 0 Å². The van der Waals surface area contributed by atoms with Crippen LogP contribution in [-0.4, -0.2) is 44.4 Å². The number of ether oxygens (including phenoxy) is 2. The van der Waals surface area contributed by atoms with E-state index in [1.807, 2.05) is 0 Å². The van der Waals surface area contributed by atoms with Crippen LogP contribution >= 0.6 is 11.6 Å². The highest BCUT2D eigenvalue weighted by molar-refractivity contribution is 6.18. The molecule has 1 N–H and O–H groups in total. The van der Waals surface area contributed by atoms with Crippen molar-refractivity contribution in [3.05, 3.63) is 0 Å². The molecule has 0 atom stereocenters. The van der Waals surface area contributed by atoms with Crippen LogP contribution in [0.4, 0.5) is 0 Å². The van der Waals surface area contributed by atoms with Crippen LogP contribution in [0.15, 0.2) is 0 Å². The lowest BCUT2D eigenvalue weighted by Gasteiger charge is -2.38. The Hall–Kier alpha value is 0.170. The van der Waals surface area contributed by atoms with Gasteiger partial charge in [0.2, 0.25) is 0 Å². The van der Waals surface area contributed by atoms with E-state index in [0.29, 0.717) is 5.88 Å². The van der Waals surface area contributed by atoms with Gasteiger partial charge in [0.05, 0.1) is 0 Å². The van der Waals surface area contributed by atoms with E-state index < -0.39 is 0 Å². The second-order valence-corrected chi connectivity index (χ2v) is 5.23. The van der Waals surface area contributed by atoms with E-state index in [1.54, 1.807) is 0 Å². The van der Waals surface area contributed by atoms with Gasteiger partial charge in [0, 0.05) is 37.8 Å². The standard InChI is InChI=1S/C12H22ClNO2/c13-10-12(3-7-16-8-4-12)14-9-11-1-5-15-6-2-11/h11,14H,1-10H2. The van der Waals surface area contributed by atoms with Crippen molar-refractivity contribution in [1.82, 2.24) is 5.32 Å². The van der Waals surface area contributed by atoms with Gasteiger partial charge in [0.1, 0.15) is 0 Å². The molecule has 0 amide bonds. The van der Waals surface area contributed by atoms with E-state index in [0.717, 1.165) is 51.7 Å². The summed E-state index contributed by atoms with van der Waals surface area (Å²) in [4.78, 5) is 0. The summed E-state index contributed by atoms with van der Waals surface area (Å²) in [6, 6.07) is 0. The number of alkyl halides is 1. The van der Waals surface area contributed by atoms with Gasteiger partial charge < -0.3 is 14.8 Å². The van der Waals surface area contributed by atoms with Crippen molar-refractivity contribution in [3.63, 3.8) is 0 Å². The lowest BCUT2D eigenvalue weighted by molar-refractivity contribution is 0.0356. The van der Waals surface area contributed by atoms with E-state index in [-0.39, 0.29) is 5.54 Å². The Morgan fingerprint density at radius 3 is 2.31 bits per heavy atom. The Morgan fingerprint density at radius 2 is 1.69 bits per heavy atom. The van der Waals surface area contributed by atoms with Crippen molar-refractivity contribution in [2.45, 2.75) is 31.2 Å². The van der Waals surface area contributed by atoms with E-state index in [4.69, 9.17) is 21.1 Å². The summed E-state index contributed by atoms with van der Waals surface area (Å²) in [6.07, 6.45) is 4.45. The molecular weight excluding hydrogens is 226 g/mol. The summed E-state index contributed by atoms with van der Waals surface area (Å²) in [6.45, 7) is 4.60. The molecule has 0 saturated carbocycles. The molecule has 2 aliphatic heterocycles. The second kappa shape index (κ2) is 6.20. The maximum Gasteiger partial charge on any atom is 0.0484 e. The average molecular weight is 248 g/mol. The molecule has 94 valence electrons. The zero-order valence-corrected chi connectivity index (χ0v) is 10.6. The molecule has 2 saturated heterocycles. The molecular formula is C12H22ClNO2. The summed E-state index contributed by atoms with van der Waals surface area (Å²) in [7, 11) is 0. The maximum atomic E-state index is 6.11. The summed E-state index contributed by atoms with van der Waals surface area (Å²) in [5, 5.41) is 3.69. The zero-order valence-electron chi connectivity index (χ0n) is 9.84. The largest absolute Gasteiger partial charge is 0.381 e. The van der Waals surface area contributed by atoms with E-state index in [9.17, 15) is 0 Å². The van der Waals surface area contributed by atoms with Crippen LogP contribution in [-0.2, 0) is 9.47 Å². The zero-order chi connectivity index (χ0) is 11.3. The smallest absolute Gasteiger partial charge is 0.0484 e. The number of nitrogens with one attached hydrogen (secondary N) is 1. The van der Waals surface area contributed by atoms with Gasteiger partial charge in [0.25, 0.3) is 0 Å². The minimum absolute atomic E-state index is 0.123. The van der Waals surface area contributed by atoms with Gasteiger partial charge in [0.15, 0.2) is 0 Å². The first-order valence-corrected chi connectivity index (χ1v) is 6.85. The monoisotopic (exact) mass is 247 g/mol. The van der Waals surface area contributed by atoms with Crippen LogP contribution in [0.25, 0.3) is 0 Å². The topological polar surface area (TPSA) is 30.5 Å². The Bertz CT molecular complexity index is 201. The average Bonchev–Trinajstić information content (AvgIpc) is 2.39. The Labute approximate surface area is 103 Å². The Morgan fingerprint density at radius 1 is 1.06 bits per heavy atom. The van der Waals surface area contributed by atoms with E-state index in [1.165, 1.54) is 12.8 Å². The predicted octanol–water partition coefficient (Wildman–Crippen LogP) is 1.79. The van der Waals surface area contributed by atoms with Crippen LogP contribution in [0.3, 0.4) is 0 Å². The lowest BCUT2D eigenvalue weighted by atomic mass is 9.90. The highest BCUT2D eigenvalue weighted by Gasteiger charge is 2.31. The van der Waals surface area contributed by atoms with Gasteiger partial charge in [-0.2, -0.15) is 0 Å². The molecule has 0 spiro atoms. The highest BCUT2D eigenvalue weighted by Crippen LogP contribution is 2.23. The summed E-state index contributed by atoms with van der Waals surface area (Å²) < 4.78 is 10.8. The molecule has 2 rings (SSSR count). The Kier molecular flexibility index (Phi) is 4.89. The summed E-state index contributed by atoms with van der Waals surface area (Å²) in [5.74, 6) is 1.45. The molecule has 2 fully saturated rings. The first-order valence-electron chi connectivity index (χ1n) is 6.31. The van der Waals surface area contributed by atoms with Gasteiger partial charge in [-0.15, -0.1) is 11.6 Å². The minimum Gasteiger partial charge on any atom is -0.381 e. The quantitative estimate of drug-likeness (QED) is 0.769. The number of rotatable bonds is 4. The first kappa shape index (κ1) is 12.6. The third-order valence-corrected chi connectivity index (χ3v) is 4.32. The SMILES string of the molecule is ClCC1(NCC2CCOCC2)CCOCC1. The van der Waals surface area contributed by atoms with Crippen LogP contribution in [0, 0.1) is 5.92 Å². The van der Waals surface area contributed by atoms with Crippen molar-refractivity contribution in [2.24, 2.45) is 5.92 Å². The fourth-order valence-electron chi connectivity index (χ4n) is 2.43. The third kappa shape index (κ3) is 3.33. The van der Waals surface area contributed by atoms with Crippen LogP contribution in [0.1, 0.15) is 25.7 Å². The van der Waals surface area contributed by atoms with Gasteiger partial charge in [-0.05, 0) is 38.1 Å². The lowest BCUT2D eigenvalue weighted by Crippen LogP contribution is -2.52. The van der Waals surface area contributed by atoms with Crippen molar-refractivity contribution in [2.75, 3.05) is 38.9 Å². The molecule has 0 aromatic rings. The molecule has 16 heavy (non-hydrogen) atoms. The van der Waals surface area contributed by atoms with Gasteiger partial charge >= 0.3 is 0 Å². The first-order chi connectivity index (χ1) is 7.85. The molecule has 0 aromatic carbocycles. The highest BCUT2D eigenvalue weighted by atomic mass is 35.5. The third-order valence-electron chi connectivity index (χ3n) is 3.81. The van der Waals surface area contributed by atoms with E-state index in [2.05, 4.69) is 5.32 Å². The van der Waals surface area contributed by atoms with Crippen molar-refractivity contribution in [3.8, 4) is 0 Å². The molecule has 0 unspecified atom stereocenters. The molecule has 0 aliphatic carbocycles. The van der Waals surface area contributed by atoms with Crippen LogP contribution in [0.2, 0.25) is 0 Å². The fraction of sp³-hybridized carbons (Fsp3) is 1.00. The van der Waals surface area contributed by atoms with Gasteiger partial charge in [-0.3, -0.25) is 0 Å². The van der Waals surface area contributed by atoms with Crippen LogP contribution < -0.4 is 5.32 Å². The number of hydrogen-bond donors (Lipinski definition) is 1. The minimum atomic E-state index is 0.123. The van der Waals surface area contributed by atoms with E-state index >= 15 is 0 Å². The van der Waals surface area contributed by atoms with Crippen molar-refractivity contribution < 1.29 is 9.47 Å². The van der Waals surface area contributed by atoms with Gasteiger partial charge in [-0.1, -0.05) is 0 Å². The molecule has 0 aromatic heterocycles. The number of halogens is 1. The van der Waals surface area contributed by atoms with Crippen molar-refractivity contribution >= 4 is 11.6 Å². The molecule has 3 nitrogen and oxygen atoms in total. The molecule has 0 radical (unpaired) electrons. The summed E-state index contributed by atoms with van der Waals surface area (Å²) in [5.41, 5.74) is 0.123. The maximum absolute atomic E-state index is 6.11.